The number of nitrogens with zero attached hydrogens (tertiary/aromatic N) is 1. The minimum absolute atomic E-state index is 0.157. The Morgan fingerprint density at radius 1 is 1.32 bits per heavy atom. The first-order valence-corrected chi connectivity index (χ1v) is 7.26. The van der Waals surface area contributed by atoms with Crippen LogP contribution in [0.2, 0.25) is 0 Å². The van der Waals surface area contributed by atoms with Crippen molar-refractivity contribution in [2.24, 2.45) is 5.92 Å². The molecule has 0 aliphatic heterocycles. The normalized spacial score (nSPS) is 18.1. The molecule has 2 atom stereocenters. The van der Waals surface area contributed by atoms with Gasteiger partial charge in [0.2, 0.25) is 0 Å². The third kappa shape index (κ3) is 4.19. The van der Waals surface area contributed by atoms with Gasteiger partial charge in [-0.3, -0.25) is 9.59 Å². The number of benzene rings is 1. The van der Waals surface area contributed by atoms with Crippen molar-refractivity contribution in [3.05, 3.63) is 42.0 Å². The van der Waals surface area contributed by atoms with Gasteiger partial charge in [0.1, 0.15) is 0 Å². The number of allylic oxidation sites excluding steroid dienone is 2. The van der Waals surface area contributed by atoms with Crippen molar-refractivity contribution in [2.75, 3.05) is 5.32 Å². The van der Waals surface area contributed by atoms with Crippen molar-refractivity contribution in [1.29, 1.82) is 5.26 Å². The minimum atomic E-state index is -0.853. The van der Waals surface area contributed by atoms with E-state index in [-0.39, 0.29) is 17.8 Å². The number of anilines is 1. The van der Waals surface area contributed by atoms with Gasteiger partial charge in [0.15, 0.2) is 6.10 Å². The molecule has 114 valence electrons. The molecule has 1 aliphatic carbocycles. The van der Waals surface area contributed by atoms with Crippen molar-refractivity contribution in [1.82, 2.24) is 0 Å². The number of hydrogen-bond acceptors (Lipinski definition) is 4. The van der Waals surface area contributed by atoms with Crippen molar-refractivity contribution in [3.63, 3.8) is 0 Å². The van der Waals surface area contributed by atoms with E-state index in [0.29, 0.717) is 17.7 Å². The fraction of sp³-hybridized carbons (Fsp3) is 0.353. The molecule has 0 radical (unpaired) electrons. The van der Waals surface area contributed by atoms with Crippen LogP contribution in [-0.4, -0.2) is 18.0 Å². The van der Waals surface area contributed by atoms with Crippen LogP contribution in [0, 0.1) is 17.2 Å². The highest BCUT2D eigenvalue weighted by atomic mass is 16.5. The van der Waals surface area contributed by atoms with Crippen molar-refractivity contribution >= 4 is 17.6 Å². The van der Waals surface area contributed by atoms with Crippen LogP contribution < -0.4 is 5.32 Å². The molecule has 2 rings (SSSR count). The Kier molecular flexibility index (Phi) is 5.31. The van der Waals surface area contributed by atoms with Gasteiger partial charge < -0.3 is 10.1 Å². The number of esters is 1. The van der Waals surface area contributed by atoms with Crippen LogP contribution in [0.4, 0.5) is 5.69 Å². The van der Waals surface area contributed by atoms with Crippen LogP contribution in [0.25, 0.3) is 0 Å². The van der Waals surface area contributed by atoms with Crippen molar-refractivity contribution in [2.45, 2.75) is 32.3 Å². The Morgan fingerprint density at radius 2 is 2.05 bits per heavy atom. The predicted molar refractivity (Wildman–Crippen MR) is 81.8 cm³/mol. The zero-order valence-corrected chi connectivity index (χ0v) is 12.4. The average molecular weight is 298 g/mol. The molecule has 1 N–H and O–H groups in total. The van der Waals surface area contributed by atoms with Crippen LogP contribution in [0.1, 0.15) is 31.7 Å². The van der Waals surface area contributed by atoms with Gasteiger partial charge in [0, 0.05) is 5.69 Å². The molecule has 5 heteroatoms. The van der Waals surface area contributed by atoms with Crippen molar-refractivity contribution < 1.29 is 14.3 Å². The summed E-state index contributed by atoms with van der Waals surface area (Å²) in [5.74, 6) is -0.869. The molecular weight excluding hydrogens is 280 g/mol. The first-order valence-electron chi connectivity index (χ1n) is 7.26. The van der Waals surface area contributed by atoms with E-state index in [1.165, 1.54) is 0 Å². The number of ether oxygens (including phenoxy) is 1. The highest BCUT2D eigenvalue weighted by Crippen LogP contribution is 2.20. The molecule has 1 aromatic rings. The lowest BCUT2D eigenvalue weighted by atomic mass is 9.95. The van der Waals surface area contributed by atoms with E-state index in [0.717, 1.165) is 12.8 Å². The maximum absolute atomic E-state index is 12.0. The fourth-order valence-electron chi connectivity index (χ4n) is 2.20. The lowest BCUT2D eigenvalue weighted by Crippen LogP contribution is -2.32. The van der Waals surface area contributed by atoms with Crippen LogP contribution in [0.3, 0.4) is 0 Å². The predicted octanol–water partition coefficient (Wildman–Crippen LogP) is 2.78. The summed E-state index contributed by atoms with van der Waals surface area (Å²) in [6.45, 7) is 1.55. The largest absolute Gasteiger partial charge is 0.452 e. The summed E-state index contributed by atoms with van der Waals surface area (Å²) in [6, 6.07) is 8.50. The standard InChI is InChI=1S/C17H18N2O3/c1-12(22-17(21)14-5-3-2-4-6-14)16(20)19-15-9-7-13(11-18)8-10-15/h2-3,7-10,12,14H,4-6H2,1H3,(H,19,20)/t12-,14-/m0/s1. The summed E-state index contributed by atoms with van der Waals surface area (Å²) in [6.07, 6.45) is 5.46. The van der Waals surface area contributed by atoms with Gasteiger partial charge in [-0.1, -0.05) is 12.2 Å². The Bertz CT molecular complexity index is 614. The molecule has 0 saturated carbocycles. The molecule has 0 aromatic heterocycles. The number of nitrogens with one attached hydrogen (secondary N) is 1. The van der Waals surface area contributed by atoms with E-state index in [9.17, 15) is 9.59 Å². The fourth-order valence-corrected chi connectivity index (χ4v) is 2.20. The molecule has 0 spiro atoms. The molecule has 0 bridgehead atoms. The molecule has 0 saturated heterocycles. The van der Waals surface area contributed by atoms with Crippen LogP contribution in [0.15, 0.2) is 36.4 Å². The topological polar surface area (TPSA) is 79.2 Å². The van der Waals surface area contributed by atoms with Gasteiger partial charge >= 0.3 is 5.97 Å². The number of nitriles is 1. The van der Waals surface area contributed by atoms with Gasteiger partial charge in [-0.15, -0.1) is 0 Å². The third-order valence-corrected chi connectivity index (χ3v) is 3.55. The summed E-state index contributed by atoms with van der Waals surface area (Å²) in [5.41, 5.74) is 1.08. The van der Waals surface area contributed by atoms with E-state index in [1.807, 2.05) is 18.2 Å². The van der Waals surface area contributed by atoms with Gasteiger partial charge in [-0.05, 0) is 50.5 Å². The molecule has 5 nitrogen and oxygen atoms in total. The Hall–Kier alpha value is -2.61. The van der Waals surface area contributed by atoms with Gasteiger partial charge in [0.05, 0.1) is 17.6 Å². The number of amides is 1. The van der Waals surface area contributed by atoms with Crippen molar-refractivity contribution in [3.8, 4) is 6.07 Å². The molecule has 0 unspecified atom stereocenters. The van der Waals surface area contributed by atoms with Gasteiger partial charge in [-0.25, -0.2) is 0 Å². The lowest BCUT2D eigenvalue weighted by Gasteiger charge is -2.19. The number of carbonyl (C=O) groups excluding carboxylic acids is 2. The molecule has 1 aromatic carbocycles. The zero-order chi connectivity index (χ0) is 15.9. The summed E-state index contributed by atoms with van der Waals surface area (Å²) >= 11 is 0. The van der Waals surface area contributed by atoms with E-state index in [2.05, 4.69) is 5.32 Å². The monoisotopic (exact) mass is 298 g/mol. The van der Waals surface area contributed by atoms with E-state index in [4.69, 9.17) is 10.00 Å². The summed E-state index contributed by atoms with van der Waals surface area (Å²) in [4.78, 5) is 24.0. The number of rotatable bonds is 4. The van der Waals surface area contributed by atoms with Gasteiger partial charge in [-0.2, -0.15) is 5.26 Å². The second-order valence-corrected chi connectivity index (χ2v) is 5.24. The first kappa shape index (κ1) is 15.8. The summed E-state index contributed by atoms with van der Waals surface area (Å²) in [5, 5.41) is 11.4. The third-order valence-electron chi connectivity index (χ3n) is 3.55. The molecule has 0 fully saturated rings. The molecule has 1 aliphatic rings. The Morgan fingerprint density at radius 3 is 2.64 bits per heavy atom. The number of hydrogen-bond donors (Lipinski definition) is 1. The average Bonchev–Trinajstić information content (AvgIpc) is 2.56. The zero-order valence-electron chi connectivity index (χ0n) is 12.4. The summed E-state index contributed by atoms with van der Waals surface area (Å²) in [7, 11) is 0. The van der Waals surface area contributed by atoms with Crippen LogP contribution in [-0.2, 0) is 14.3 Å². The van der Waals surface area contributed by atoms with Crippen LogP contribution in [0.5, 0.6) is 0 Å². The maximum atomic E-state index is 12.0. The highest BCUT2D eigenvalue weighted by molar-refractivity contribution is 5.95. The van der Waals surface area contributed by atoms with Crippen LogP contribution >= 0.6 is 0 Å². The molecular formula is C17H18N2O3. The smallest absolute Gasteiger partial charge is 0.310 e. The van der Waals surface area contributed by atoms with E-state index < -0.39 is 6.10 Å². The highest BCUT2D eigenvalue weighted by Gasteiger charge is 2.24. The minimum Gasteiger partial charge on any atom is -0.452 e. The second-order valence-electron chi connectivity index (χ2n) is 5.24. The van der Waals surface area contributed by atoms with E-state index >= 15 is 0 Å². The van der Waals surface area contributed by atoms with E-state index in [1.54, 1.807) is 31.2 Å². The molecule has 22 heavy (non-hydrogen) atoms. The quantitative estimate of drug-likeness (QED) is 0.684. The number of carbonyl (C=O) groups is 2. The Balaban J connectivity index is 1.87. The first-order chi connectivity index (χ1) is 10.6. The molecule has 1 amide bonds. The molecule has 0 heterocycles. The lowest BCUT2D eigenvalue weighted by molar-refractivity contribution is -0.157. The second kappa shape index (κ2) is 7.41. The summed E-state index contributed by atoms with van der Waals surface area (Å²) < 4.78 is 5.23. The van der Waals surface area contributed by atoms with Gasteiger partial charge in [0.25, 0.3) is 5.91 Å². The maximum Gasteiger partial charge on any atom is 0.310 e. The SMILES string of the molecule is C[C@H](OC(=O)[C@H]1CC=CCC1)C(=O)Nc1ccc(C#N)cc1. The Labute approximate surface area is 129 Å².